The second-order valence-electron chi connectivity index (χ2n) is 21.5. The maximum Gasteiger partial charge on any atom is 0.0726 e. The van der Waals surface area contributed by atoms with E-state index >= 15 is 0 Å². The Morgan fingerprint density at radius 3 is 1.33 bits per heavy atom. The lowest BCUT2D eigenvalue weighted by molar-refractivity contribution is 0.660. The van der Waals surface area contributed by atoms with Crippen LogP contribution in [-0.2, 0) is 10.8 Å². The molecule has 3 aliphatic carbocycles. The summed E-state index contributed by atoms with van der Waals surface area (Å²) in [4.78, 5) is 2.57. The Balaban J connectivity index is 1.02. The van der Waals surface area contributed by atoms with Gasteiger partial charge in [0.05, 0.1) is 11.1 Å². The Kier molecular flexibility index (Phi) is 8.79. The molecule has 0 saturated heterocycles. The SMILES string of the molecule is CC1(C)c2ccccc2-c2cc(-c3cc4c(cc3N(c3ccc(-c5cccc6ccccc56)cc3)c3ccc5c6ccccc6c6ccccc6c5c3)C3(c5ccccc5-c5ccccc53)c3ccccc3-4)ccc21. The molecule has 0 aliphatic heterocycles. The highest BCUT2D eigenvalue weighted by Crippen LogP contribution is 2.64. The Morgan fingerprint density at radius 1 is 0.253 bits per heavy atom. The van der Waals surface area contributed by atoms with Gasteiger partial charge in [0.2, 0.25) is 0 Å². The summed E-state index contributed by atoms with van der Waals surface area (Å²) in [5, 5.41) is 10.0. The lowest BCUT2D eigenvalue weighted by Crippen LogP contribution is -2.26. The smallest absolute Gasteiger partial charge is 0.0726 e. The van der Waals surface area contributed by atoms with E-state index in [4.69, 9.17) is 0 Å². The summed E-state index contributed by atoms with van der Waals surface area (Å²) >= 11 is 0. The van der Waals surface area contributed by atoms with Gasteiger partial charge in [0.25, 0.3) is 0 Å². The fraction of sp³-hybridized carbons (Fsp3) is 0.0541. The number of rotatable bonds is 5. The van der Waals surface area contributed by atoms with Gasteiger partial charge in [0.15, 0.2) is 0 Å². The zero-order chi connectivity index (χ0) is 49.6. The van der Waals surface area contributed by atoms with Gasteiger partial charge in [-0.15, -0.1) is 0 Å². The summed E-state index contributed by atoms with van der Waals surface area (Å²) in [6, 6.07) is 98.8. The van der Waals surface area contributed by atoms with E-state index in [0.29, 0.717) is 0 Å². The number of benzene rings is 13. The summed E-state index contributed by atoms with van der Waals surface area (Å²) < 4.78 is 0. The largest absolute Gasteiger partial charge is 0.310 e. The lowest BCUT2D eigenvalue weighted by Gasteiger charge is -2.33. The first-order valence-corrected chi connectivity index (χ1v) is 26.4. The normalized spacial score (nSPS) is 13.9. The molecular weight excluding hydrogens is 903 g/mol. The Morgan fingerprint density at radius 2 is 0.693 bits per heavy atom. The highest BCUT2D eigenvalue weighted by atomic mass is 15.1. The number of fused-ring (bicyclic) bond motifs is 20. The topological polar surface area (TPSA) is 3.24 Å². The van der Waals surface area contributed by atoms with Crippen molar-refractivity contribution in [2.45, 2.75) is 24.7 Å². The van der Waals surface area contributed by atoms with Crippen molar-refractivity contribution in [3.05, 3.63) is 294 Å². The van der Waals surface area contributed by atoms with Crippen LogP contribution in [0.2, 0.25) is 0 Å². The molecule has 16 rings (SSSR count). The summed E-state index contributed by atoms with van der Waals surface area (Å²) in [5.74, 6) is 0. The maximum atomic E-state index is 2.59. The van der Waals surface area contributed by atoms with Gasteiger partial charge in [-0.05, 0) is 169 Å². The molecule has 13 aromatic rings. The van der Waals surface area contributed by atoms with Crippen molar-refractivity contribution in [1.29, 1.82) is 0 Å². The molecule has 0 aromatic heterocycles. The minimum atomic E-state index is -0.532. The van der Waals surface area contributed by atoms with Gasteiger partial charge in [-0.1, -0.05) is 232 Å². The maximum absolute atomic E-state index is 2.59. The third-order valence-corrected chi connectivity index (χ3v) is 17.5. The highest BCUT2D eigenvalue weighted by Gasteiger charge is 2.52. The van der Waals surface area contributed by atoms with Crippen LogP contribution in [-0.4, -0.2) is 0 Å². The third-order valence-electron chi connectivity index (χ3n) is 17.5. The first-order chi connectivity index (χ1) is 37.0. The molecule has 75 heavy (non-hydrogen) atoms. The molecule has 0 heterocycles. The van der Waals surface area contributed by atoms with E-state index in [1.54, 1.807) is 0 Å². The number of nitrogens with zero attached hydrogens (tertiary/aromatic N) is 1. The number of hydrogen-bond donors (Lipinski definition) is 0. The van der Waals surface area contributed by atoms with E-state index < -0.39 is 5.41 Å². The van der Waals surface area contributed by atoms with E-state index in [0.717, 1.165) is 17.1 Å². The molecule has 1 spiro atoms. The van der Waals surface area contributed by atoms with Crippen LogP contribution in [0, 0.1) is 0 Å². The average molecular weight is 952 g/mol. The number of anilines is 3. The van der Waals surface area contributed by atoms with Gasteiger partial charge < -0.3 is 4.90 Å². The monoisotopic (exact) mass is 951 g/mol. The fourth-order valence-electron chi connectivity index (χ4n) is 14.2. The molecule has 1 heteroatoms. The van der Waals surface area contributed by atoms with E-state index in [9.17, 15) is 0 Å². The van der Waals surface area contributed by atoms with Crippen molar-refractivity contribution in [1.82, 2.24) is 0 Å². The summed E-state index contributed by atoms with van der Waals surface area (Å²) in [6.45, 7) is 4.75. The van der Waals surface area contributed by atoms with Crippen LogP contribution in [0.4, 0.5) is 17.1 Å². The molecule has 0 fully saturated rings. The second-order valence-corrected chi connectivity index (χ2v) is 21.5. The highest BCUT2D eigenvalue weighted by molar-refractivity contribution is 6.26. The average Bonchev–Trinajstić information content (AvgIpc) is 4.08. The van der Waals surface area contributed by atoms with Gasteiger partial charge in [0.1, 0.15) is 0 Å². The molecule has 350 valence electrons. The second kappa shape index (κ2) is 15.6. The van der Waals surface area contributed by atoms with Gasteiger partial charge in [-0.25, -0.2) is 0 Å². The van der Waals surface area contributed by atoms with E-state index in [1.807, 2.05) is 0 Å². The summed E-state index contributed by atoms with van der Waals surface area (Å²) in [7, 11) is 0. The molecule has 0 unspecified atom stereocenters. The Hall–Kier alpha value is -9.30. The molecule has 0 amide bonds. The molecule has 3 aliphatic rings. The van der Waals surface area contributed by atoms with Crippen LogP contribution in [0.1, 0.15) is 47.2 Å². The summed E-state index contributed by atoms with van der Waals surface area (Å²) in [5.41, 5.74) is 23.3. The minimum Gasteiger partial charge on any atom is -0.310 e. The lowest BCUT2D eigenvalue weighted by atomic mass is 9.70. The van der Waals surface area contributed by atoms with Crippen molar-refractivity contribution in [3.63, 3.8) is 0 Å². The van der Waals surface area contributed by atoms with Crippen LogP contribution in [0.25, 0.3) is 98.7 Å². The quantitative estimate of drug-likeness (QED) is 0.155. The standard InChI is InChI=1S/C74H49N/c1-73(2)66-30-13-9-27-60(66)64-42-48(36-41-67(64)73)62-44-65-61-28-12-16-33-70(61)74(68-31-14-10-25-58(68)59-26-11-15-32-69(59)74)71(65)45-72(62)75(49-37-34-47(35-38-49)52-29-17-19-46-18-3-4-20-51(46)52)50-39-40-57-55-23-6-5-21-53(55)54-22-7-8-24-56(54)63(57)43-50/h3-45H,1-2H3. The molecular formula is C74H49N. The molecule has 1 nitrogen and oxygen atoms in total. The van der Waals surface area contributed by atoms with E-state index in [-0.39, 0.29) is 5.41 Å². The molecule has 0 radical (unpaired) electrons. The molecule has 0 N–H and O–H groups in total. The van der Waals surface area contributed by atoms with Crippen molar-refractivity contribution < 1.29 is 0 Å². The third kappa shape index (κ3) is 5.78. The van der Waals surface area contributed by atoms with Crippen LogP contribution >= 0.6 is 0 Å². The summed E-state index contributed by atoms with van der Waals surface area (Å²) in [6.07, 6.45) is 0. The zero-order valence-electron chi connectivity index (χ0n) is 41.8. The first-order valence-electron chi connectivity index (χ1n) is 26.4. The van der Waals surface area contributed by atoms with Crippen LogP contribution in [0.3, 0.4) is 0 Å². The molecule has 0 bridgehead atoms. The minimum absolute atomic E-state index is 0.115. The predicted molar refractivity (Wildman–Crippen MR) is 316 cm³/mol. The number of hydrogen-bond acceptors (Lipinski definition) is 1. The fourth-order valence-corrected chi connectivity index (χ4v) is 14.2. The van der Waals surface area contributed by atoms with E-state index in [2.05, 4.69) is 280 Å². The van der Waals surface area contributed by atoms with Gasteiger partial charge in [-0.2, -0.15) is 0 Å². The molecule has 0 atom stereocenters. The van der Waals surface area contributed by atoms with Gasteiger partial charge in [-0.3, -0.25) is 0 Å². The van der Waals surface area contributed by atoms with Gasteiger partial charge >= 0.3 is 0 Å². The van der Waals surface area contributed by atoms with Crippen molar-refractivity contribution >= 4 is 60.2 Å². The molecule has 13 aromatic carbocycles. The predicted octanol–water partition coefficient (Wildman–Crippen LogP) is 19.8. The van der Waals surface area contributed by atoms with Gasteiger partial charge in [0, 0.05) is 22.4 Å². The molecule has 0 saturated carbocycles. The van der Waals surface area contributed by atoms with Crippen LogP contribution in [0.15, 0.2) is 261 Å². The Labute approximate surface area is 437 Å². The van der Waals surface area contributed by atoms with Crippen LogP contribution < -0.4 is 4.90 Å². The Bertz CT molecular complexity index is 4480. The van der Waals surface area contributed by atoms with Crippen molar-refractivity contribution in [2.75, 3.05) is 4.90 Å². The first kappa shape index (κ1) is 42.2. The van der Waals surface area contributed by atoms with Crippen LogP contribution in [0.5, 0.6) is 0 Å². The van der Waals surface area contributed by atoms with Crippen molar-refractivity contribution in [3.8, 4) is 55.6 Å². The zero-order valence-corrected chi connectivity index (χ0v) is 41.8. The van der Waals surface area contributed by atoms with E-state index in [1.165, 1.54) is 132 Å². The van der Waals surface area contributed by atoms with Crippen molar-refractivity contribution in [2.24, 2.45) is 0 Å².